The number of methoxy groups -OCH3 is 1. The van der Waals surface area contributed by atoms with Gasteiger partial charge >= 0.3 is 5.69 Å². The fourth-order valence-corrected chi connectivity index (χ4v) is 2.01. The number of anilines is 1. The molecule has 1 aromatic heterocycles. The first-order valence-corrected chi connectivity index (χ1v) is 5.94. The van der Waals surface area contributed by atoms with Gasteiger partial charge in [0.25, 0.3) is 0 Å². The molecule has 0 radical (unpaired) electrons. The van der Waals surface area contributed by atoms with Gasteiger partial charge in [0.1, 0.15) is 11.4 Å². The van der Waals surface area contributed by atoms with Gasteiger partial charge in [-0.3, -0.25) is 10.1 Å². The predicted molar refractivity (Wildman–Crippen MR) is 74.8 cm³/mol. The van der Waals surface area contributed by atoms with Gasteiger partial charge in [-0.05, 0) is 19.1 Å². The van der Waals surface area contributed by atoms with Gasteiger partial charge in [-0.25, -0.2) is 9.97 Å². The summed E-state index contributed by atoms with van der Waals surface area (Å²) in [6, 6.07) is 4.75. The number of nitrogens with zero attached hydrogens (tertiary/aromatic N) is 3. The lowest BCUT2D eigenvalue weighted by Gasteiger charge is -2.08. The lowest BCUT2D eigenvalue weighted by molar-refractivity contribution is -0.385. The lowest BCUT2D eigenvalue weighted by Crippen LogP contribution is -2.04. The average Bonchev–Trinajstić information content (AvgIpc) is 2.37. The molecule has 0 unspecified atom stereocenters. The number of ether oxygens (including phenoxy) is 1. The first-order valence-electron chi connectivity index (χ1n) is 5.56. The molecule has 1 aromatic carbocycles. The third-order valence-corrected chi connectivity index (χ3v) is 2.99. The van der Waals surface area contributed by atoms with Gasteiger partial charge in [0.15, 0.2) is 5.69 Å². The minimum Gasteiger partial charge on any atom is -0.495 e. The summed E-state index contributed by atoms with van der Waals surface area (Å²) in [7, 11) is 1.46. The Kier molecular flexibility index (Phi) is 3.71. The van der Waals surface area contributed by atoms with Crippen molar-refractivity contribution in [2.24, 2.45) is 0 Å². The Morgan fingerprint density at radius 3 is 2.70 bits per heavy atom. The second-order valence-corrected chi connectivity index (χ2v) is 4.38. The topological polar surface area (TPSA) is 104 Å². The van der Waals surface area contributed by atoms with Crippen LogP contribution in [0.25, 0.3) is 11.3 Å². The number of benzene rings is 1. The van der Waals surface area contributed by atoms with Crippen molar-refractivity contribution >= 4 is 23.2 Å². The van der Waals surface area contributed by atoms with Gasteiger partial charge in [0.05, 0.1) is 17.1 Å². The standard InChI is InChI=1S/C12H11ClN4O3/c1-6-11(17(18)19)10(16-12(14)15-6)7-3-4-8(13)9(5-7)20-2/h3-5H,1-2H3,(H2,14,15,16). The second-order valence-electron chi connectivity index (χ2n) is 3.97. The van der Waals surface area contributed by atoms with Crippen LogP contribution in [0.5, 0.6) is 5.75 Å². The number of aromatic nitrogens is 2. The summed E-state index contributed by atoms with van der Waals surface area (Å²) in [6.45, 7) is 1.51. The van der Waals surface area contributed by atoms with Crippen molar-refractivity contribution in [1.82, 2.24) is 9.97 Å². The van der Waals surface area contributed by atoms with Crippen molar-refractivity contribution in [3.05, 3.63) is 39.0 Å². The largest absolute Gasteiger partial charge is 0.495 e. The van der Waals surface area contributed by atoms with E-state index >= 15 is 0 Å². The fraction of sp³-hybridized carbons (Fsp3) is 0.167. The molecule has 0 atom stereocenters. The van der Waals surface area contributed by atoms with Crippen molar-refractivity contribution in [3.8, 4) is 17.0 Å². The molecule has 7 nitrogen and oxygen atoms in total. The van der Waals surface area contributed by atoms with E-state index in [1.54, 1.807) is 18.2 Å². The highest BCUT2D eigenvalue weighted by molar-refractivity contribution is 6.32. The third-order valence-electron chi connectivity index (χ3n) is 2.68. The highest BCUT2D eigenvalue weighted by Crippen LogP contribution is 2.35. The number of halogens is 1. The molecule has 2 rings (SSSR count). The van der Waals surface area contributed by atoms with Gasteiger partial charge in [-0.2, -0.15) is 0 Å². The molecule has 0 aliphatic rings. The Morgan fingerprint density at radius 1 is 1.40 bits per heavy atom. The first kappa shape index (κ1) is 14.0. The van der Waals surface area contributed by atoms with Crippen molar-refractivity contribution in [2.45, 2.75) is 6.92 Å². The van der Waals surface area contributed by atoms with Crippen LogP contribution >= 0.6 is 11.6 Å². The molecule has 1 heterocycles. The number of hydrogen-bond acceptors (Lipinski definition) is 6. The Hall–Kier alpha value is -2.41. The van der Waals surface area contributed by atoms with E-state index in [-0.39, 0.29) is 23.0 Å². The molecule has 2 N–H and O–H groups in total. The molecule has 8 heteroatoms. The summed E-state index contributed by atoms with van der Waals surface area (Å²) in [5.74, 6) is 0.366. The van der Waals surface area contributed by atoms with E-state index in [1.807, 2.05) is 0 Å². The van der Waals surface area contributed by atoms with Crippen LogP contribution in [0.15, 0.2) is 18.2 Å². The zero-order chi connectivity index (χ0) is 14.9. The predicted octanol–water partition coefficient (Wildman–Crippen LogP) is 2.60. The van der Waals surface area contributed by atoms with E-state index in [4.69, 9.17) is 22.1 Å². The lowest BCUT2D eigenvalue weighted by atomic mass is 10.1. The Bertz CT molecular complexity index is 691. The van der Waals surface area contributed by atoms with Crippen LogP contribution < -0.4 is 10.5 Å². The Morgan fingerprint density at radius 2 is 2.10 bits per heavy atom. The number of nitrogens with two attached hydrogens (primary N) is 1. The minimum absolute atomic E-state index is 0.0305. The summed E-state index contributed by atoms with van der Waals surface area (Å²) in [4.78, 5) is 18.4. The van der Waals surface area contributed by atoms with E-state index < -0.39 is 4.92 Å². The normalized spacial score (nSPS) is 10.3. The van der Waals surface area contributed by atoms with Crippen LogP contribution in [0.4, 0.5) is 11.6 Å². The zero-order valence-corrected chi connectivity index (χ0v) is 11.5. The summed E-state index contributed by atoms with van der Waals surface area (Å²) in [5, 5.41) is 11.6. The van der Waals surface area contributed by atoms with Crippen molar-refractivity contribution in [2.75, 3.05) is 12.8 Å². The molecular formula is C12H11ClN4O3. The molecule has 104 valence electrons. The number of hydrogen-bond donors (Lipinski definition) is 1. The van der Waals surface area contributed by atoms with Gasteiger partial charge in [-0.15, -0.1) is 0 Å². The van der Waals surface area contributed by atoms with Crippen LogP contribution in [0.3, 0.4) is 0 Å². The average molecular weight is 295 g/mol. The molecule has 0 fully saturated rings. The number of rotatable bonds is 3. The van der Waals surface area contributed by atoms with Gasteiger partial charge in [0, 0.05) is 5.56 Å². The maximum absolute atomic E-state index is 11.2. The smallest absolute Gasteiger partial charge is 0.316 e. The molecule has 20 heavy (non-hydrogen) atoms. The van der Waals surface area contributed by atoms with E-state index in [0.717, 1.165) is 0 Å². The quantitative estimate of drug-likeness (QED) is 0.689. The highest BCUT2D eigenvalue weighted by Gasteiger charge is 2.23. The third kappa shape index (κ3) is 2.48. The van der Waals surface area contributed by atoms with Crippen LogP contribution in [0.2, 0.25) is 5.02 Å². The van der Waals surface area contributed by atoms with Crippen molar-refractivity contribution in [1.29, 1.82) is 0 Å². The zero-order valence-electron chi connectivity index (χ0n) is 10.8. The summed E-state index contributed by atoms with van der Waals surface area (Å²) >= 11 is 5.93. The number of aryl methyl sites for hydroxylation is 1. The molecule has 0 saturated carbocycles. The van der Waals surface area contributed by atoms with Crippen molar-refractivity contribution in [3.63, 3.8) is 0 Å². The maximum atomic E-state index is 11.2. The van der Waals surface area contributed by atoms with Crippen LogP contribution in [-0.4, -0.2) is 22.0 Å². The number of nitro groups is 1. The summed E-state index contributed by atoms with van der Waals surface area (Å²) < 4.78 is 5.09. The minimum atomic E-state index is -0.537. The molecule has 0 bridgehead atoms. The highest BCUT2D eigenvalue weighted by atomic mass is 35.5. The summed E-state index contributed by atoms with van der Waals surface area (Å²) in [5.41, 5.74) is 6.19. The molecule has 2 aromatic rings. The van der Waals surface area contributed by atoms with Crippen LogP contribution in [0, 0.1) is 17.0 Å². The maximum Gasteiger partial charge on any atom is 0.316 e. The van der Waals surface area contributed by atoms with Gasteiger partial charge in [0.2, 0.25) is 5.95 Å². The van der Waals surface area contributed by atoms with E-state index in [0.29, 0.717) is 16.3 Å². The summed E-state index contributed by atoms with van der Waals surface area (Å²) in [6.07, 6.45) is 0. The number of nitrogen functional groups attached to an aromatic ring is 1. The Balaban J connectivity index is 2.71. The molecule has 0 spiro atoms. The SMILES string of the molecule is COc1cc(-c2nc(N)nc(C)c2[N+](=O)[O-])ccc1Cl. The monoisotopic (exact) mass is 294 g/mol. The molecular weight excluding hydrogens is 284 g/mol. The van der Waals surface area contributed by atoms with E-state index in [2.05, 4.69) is 9.97 Å². The molecule has 0 amide bonds. The first-order chi connectivity index (χ1) is 9.43. The molecule has 0 aliphatic carbocycles. The Labute approximate surface area is 119 Å². The molecule has 0 aliphatic heterocycles. The van der Waals surface area contributed by atoms with Gasteiger partial charge in [-0.1, -0.05) is 17.7 Å². The van der Waals surface area contributed by atoms with E-state index in [9.17, 15) is 10.1 Å². The van der Waals surface area contributed by atoms with Crippen LogP contribution in [-0.2, 0) is 0 Å². The fourth-order valence-electron chi connectivity index (χ4n) is 1.82. The second kappa shape index (κ2) is 5.30. The van der Waals surface area contributed by atoms with Crippen molar-refractivity contribution < 1.29 is 9.66 Å². The van der Waals surface area contributed by atoms with E-state index in [1.165, 1.54) is 14.0 Å². The van der Waals surface area contributed by atoms with Gasteiger partial charge < -0.3 is 10.5 Å². The van der Waals surface area contributed by atoms with Crippen LogP contribution in [0.1, 0.15) is 5.69 Å². The molecule has 0 saturated heterocycles.